The molecular weight excluding hydrogens is 342 g/mol. The number of fused-ring (bicyclic) bond motifs is 1. The number of para-hydroxylation sites is 1. The molecule has 4 rings (SSSR count). The zero-order valence-electron chi connectivity index (χ0n) is 14.3. The topological polar surface area (TPSA) is 46.9 Å². The van der Waals surface area contributed by atoms with Crippen LogP contribution in [0, 0.1) is 0 Å². The molecule has 0 unspecified atom stereocenters. The molecule has 0 saturated carbocycles. The molecule has 26 heavy (non-hydrogen) atoms. The Balaban J connectivity index is 1.31. The molecule has 5 heteroatoms. The van der Waals surface area contributed by atoms with Gasteiger partial charge >= 0.3 is 0 Å². The Bertz CT molecular complexity index is 1020. The smallest absolute Gasteiger partial charge is 0.270 e. The van der Waals surface area contributed by atoms with Gasteiger partial charge in [0, 0.05) is 35.7 Å². The number of aromatic nitrogens is 2. The third-order valence-electron chi connectivity index (χ3n) is 4.30. The fraction of sp³-hybridized carbons (Fsp3) is 0.143. The van der Waals surface area contributed by atoms with E-state index in [1.807, 2.05) is 47.8 Å². The summed E-state index contributed by atoms with van der Waals surface area (Å²) in [5.41, 5.74) is 2.75. The lowest BCUT2D eigenvalue weighted by molar-refractivity contribution is 0.0948. The second kappa shape index (κ2) is 7.54. The first kappa shape index (κ1) is 16.5. The van der Waals surface area contributed by atoms with Gasteiger partial charge in [-0.25, -0.2) is 4.98 Å². The highest BCUT2D eigenvalue weighted by Crippen LogP contribution is 2.23. The molecule has 0 spiro atoms. The van der Waals surface area contributed by atoms with Crippen LogP contribution in [0.15, 0.2) is 72.2 Å². The van der Waals surface area contributed by atoms with Crippen molar-refractivity contribution in [3.63, 3.8) is 0 Å². The lowest BCUT2D eigenvalue weighted by Crippen LogP contribution is -2.25. The number of thiazole rings is 1. The van der Waals surface area contributed by atoms with Crippen molar-refractivity contribution in [2.45, 2.75) is 13.0 Å². The van der Waals surface area contributed by atoms with Crippen LogP contribution in [0.2, 0.25) is 0 Å². The minimum absolute atomic E-state index is 0.110. The molecule has 4 nitrogen and oxygen atoms in total. The van der Waals surface area contributed by atoms with Gasteiger partial charge in [-0.1, -0.05) is 48.5 Å². The fourth-order valence-electron chi connectivity index (χ4n) is 2.97. The van der Waals surface area contributed by atoms with Crippen molar-refractivity contribution < 1.29 is 4.79 Å². The quantitative estimate of drug-likeness (QED) is 0.511. The summed E-state index contributed by atoms with van der Waals surface area (Å²) in [6.07, 6.45) is 2.97. The standard InChI is InChI=1S/C21H19N3OS/c25-20(18-15-26-21(23-18)17-8-2-1-3-9-17)22-12-6-13-24-14-11-16-7-4-5-10-19(16)24/h1-5,7-11,14-15H,6,12-13H2,(H,22,25). The SMILES string of the molecule is O=C(NCCCn1ccc2ccccc21)c1csc(-c2ccccc2)n1. The zero-order valence-corrected chi connectivity index (χ0v) is 15.1. The highest BCUT2D eigenvalue weighted by molar-refractivity contribution is 7.13. The molecule has 0 bridgehead atoms. The van der Waals surface area contributed by atoms with Crippen LogP contribution in [0.4, 0.5) is 0 Å². The summed E-state index contributed by atoms with van der Waals surface area (Å²) in [5, 5.41) is 6.90. The van der Waals surface area contributed by atoms with Crippen LogP contribution in [0.3, 0.4) is 0 Å². The lowest BCUT2D eigenvalue weighted by atomic mass is 10.2. The molecule has 0 atom stereocenters. The normalized spacial score (nSPS) is 10.9. The van der Waals surface area contributed by atoms with E-state index in [9.17, 15) is 4.79 Å². The van der Waals surface area contributed by atoms with Gasteiger partial charge in [0.15, 0.2) is 0 Å². The van der Waals surface area contributed by atoms with E-state index in [0.717, 1.165) is 23.5 Å². The van der Waals surface area contributed by atoms with Gasteiger partial charge in [0.25, 0.3) is 5.91 Å². The number of carbonyl (C=O) groups is 1. The molecular formula is C21H19N3OS. The number of nitrogens with zero attached hydrogens (tertiary/aromatic N) is 2. The predicted molar refractivity (Wildman–Crippen MR) is 106 cm³/mol. The number of benzene rings is 2. The first-order chi connectivity index (χ1) is 12.8. The highest BCUT2D eigenvalue weighted by atomic mass is 32.1. The monoisotopic (exact) mass is 361 g/mol. The van der Waals surface area contributed by atoms with E-state index < -0.39 is 0 Å². The number of hydrogen-bond donors (Lipinski definition) is 1. The van der Waals surface area contributed by atoms with Crippen LogP contribution in [0.5, 0.6) is 0 Å². The van der Waals surface area contributed by atoms with E-state index in [2.05, 4.69) is 39.3 Å². The molecule has 0 aliphatic heterocycles. The van der Waals surface area contributed by atoms with Gasteiger partial charge in [-0.15, -0.1) is 11.3 Å². The number of hydrogen-bond acceptors (Lipinski definition) is 3. The van der Waals surface area contributed by atoms with E-state index in [4.69, 9.17) is 0 Å². The van der Waals surface area contributed by atoms with Gasteiger partial charge in [0.1, 0.15) is 10.7 Å². The largest absolute Gasteiger partial charge is 0.351 e. The Morgan fingerprint density at radius 3 is 2.73 bits per heavy atom. The zero-order chi connectivity index (χ0) is 17.8. The first-order valence-corrected chi connectivity index (χ1v) is 9.52. The molecule has 1 amide bonds. The summed E-state index contributed by atoms with van der Waals surface area (Å²) in [5.74, 6) is -0.110. The Morgan fingerprint density at radius 1 is 1.04 bits per heavy atom. The molecule has 0 aliphatic carbocycles. The Hall–Kier alpha value is -2.92. The minimum Gasteiger partial charge on any atom is -0.351 e. The summed E-state index contributed by atoms with van der Waals surface area (Å²) in [6.45, 7) is 1.50. The van der Waals surface area contributed by atoms with E-state index in [1.54, 1.807) is 0 Å². The van der Waals surface area contributed by atoms with Gasteiger partial charge in [-0.3, -0.25) is 4.79 Å². The van der Waals surface area contributed by atoms with Crippen molar-refractivity contribution in [1.29, 1.82) is 0 Å². The van der Waals surface area contributed by atoms with Crippen LogP contribution in [-0.4, -0.2) is 22.0 Å². The summed E-state index contributed by atoms with van der Waals surface area (Å²) < 4.78 is 2.22. The number of rotatable bonds is 6. The van der Waals surface area contributed by atoms with Gasteiger partial charge in [0.2, 0.25) is 0 Å². The Labute approximate surface area is 156 Å². The minimum atomic E-state index is -0.110. The van der Waals surface area contributed by atoms with Crippen LogP contribution in [-0.2, 0) is 6.54 Å². The number of carbonyl (C=O) groups excluding carboxylic acids is 1. The molecule has 2 aromatic carbocycles. The van der Waals surface area contributed by atoms with E-state index in [0.29, 0.717) is 12.2 Å². The maximum Gasteiger partial charge on any atom is 0.270 e. The number of amides is 1. The molecule has 130 valence electrons. The van der Waals surface area contributed by atoms with Crippen LogP contribution in [0.25, 0.3) is 21.5 Å². The second-order valence-corrected chi connectivity index (χ2v) is 6.94. The number of nitrogens with one attached hydrogen (secondary N) is 1. The number of aryl methyl sites for hydroxylation is 1. The molecule has 0 saturated heterocycles. The summed E-state index contributed by atoms with van der Waals surface area (Å²) in [4.78, 5) is 16.7. The maximum absolute atomic E-state index is 12.3. The summed E-state index contributed by atoms with van der Waals surface area (Å²) in [7, 11) is 0. The third-order valence-corrected chi connectivity index (χ3v) is 5.19. The van der Waals surface area contributed by atoms with Crippen molar-refractivity contribution in [2.75, 3.05) is 6.54 Å². The highest BCUT2D eigenvalue weighted by Gasteiger charge is 2.11. The molecule has 0 aliphatic rings. The second-order valence-electron chi connectivity index (χ2n) is 6.08. The van der Waals surface area contributed by atoms with Crippen molar-refractivity contribution in [1.82, 2.24) is 14.9 Å². The van der Waals surface area contributed by atoms with E-state index >= 15 is 0 Å². The average molecular weight is 361 g/mol. The van der Waals surface area contributed by atoms with Gasteiger partial charge < -0.3 is 9.88 Å². The molecule has 2 heterocycles. The maximum atomic E-state index is 12.3. The predicted octanol–water partition coefficient (Wildman–Crippen LogP) is 4.58. The van der Waals surface area contributed by atoms with E-state index in [1.165, 1.54) is 22.2 Å². The summed E-state index contributed by atoms with van der Waals surface area (Å²) in [6, 6.07) is 20.4. The van der Waals surface area contributed by atoms with Gasteiger partial charge in [0.05, 0.1) is 0 Å². The third kappa shape index (κ3) is 3.53. The van der Waals surface area contributed by atoms with Crippen molar-refractivity contribution in [3.8, 4) is 10.6 Å². The van der Waals surface area contributed by atoms with Crippen LogP contribution >= 0.6 is 11.3 Å². The molecule has 2 aromatic heterocycles. The van der Waals surface area contributed by atoms with Crippen molar-refractivity contribution in [2.24, 2.45) is 0 Å². The van der Waals surface area contributed by atoms with Crippen molar-refractivity contribution in [3.05, 3.63) is 77.9 Å². The fourth-order valence-corrected chi connectivity index (χ4v) is 3.78. The molecule has 0 radical (unpaired) electrons. The van der Waals surface area contributed by atoms with E-state index in [-0.39, 0.29) is 5.91 Å². The van der Waals surface area contributed by atoms with Crippen molar-refractivity contribution >= 4 is 28.1 Å². The van der Waals surface area contributed by atoms with Crippen LogP contribution in [0.1, 0.15) is 16.9 Å². The molecule has 4 aromatic rings. The Kier molecular flexibility index (Phi) is 4.80. The average Bonchev–Trinajstić information content (AvgIpc) is 3.33. The summed E-state index contributed by atoms with van der Waals surface area (Å²) >= 11 is 1.49. The lowest BCUT2D eigenvalue weighted by Gasteiger charge is -2.06. The molecule has 1 N–H and O–H groups in total. The first-order valence-electron chi connectivity index (χ1n) is 8.64. The van der Waals surface area contributed by atoms with Crippen LogP contribution < -0.4 is 5.32 Å². The Morgan fingerprint density at radius 2 is 1.85 bits per heavy atom. The van der Waals surface area contributed by atoms with Gasteiger partial charge in [-0.05, 0) is 23.9 Å². The van der Waals surface area contributed by atoms with Gasteiger partial charge in [-0.2, -0.15) is 0 Å². The molecule has 0 fully saturated rings.